The highest BCUT2D eigenvalue weighted by molar-refractivity contribution is 5.68. The molecule has 2 aromatic rings. The number of amides is 1. The smallest absolute Gasteiger partial charge is 0.408 e. The monoisotopic (exact) mass is 341 g/mol. The first-order valence-electron chi connectivity index (χ1n) is 8.37. The maximum atomic E-state index is 12.3. The maximum absolute atomic E-state index is 12.3. The van der Waals surface area contributed by atoms with E-state index in [0.29, 0.717) is 6.61 Å². The van der Waals surface area contributed by atoms with Crippen LogP contribution in [-0.2, 0) is 20.8 Å². The molecule has 0 aliphatic carbocycles. The SMILES string of the molecule is CC1(C)OCC([C@H](NC(=O)OCc2ccccc2)c2ccccc2)O1. The summed E-state index contributed by atoms with van der Waals surface area (Å²) in [5.74, 6) is -0.659. The number of nitrogens with one attached hydrogen (secondary N) is 1. The first-order valence-corrected chi connectivity index (χ1v) is 8.37. The number of alkyl carbamates (subject to hydrolysis) is 1. The highest BCUT2D eigenvalue weighted by Crippen LogP contribution is 2.30. The average molecular weight is 341 g/mol. The zero-order valence-electron chi connectivity index (χ0n) is 14.5. The summed E-state index contributed by atoms with van der Waals surface area (Å²) in [7, 11) is 0. The largest absolute Gasteiger partial charge is 0.445 e. The standard InChI is InChI=1S/C20H23NO4/c1-20(2)24-14-17(25-20)18(16-11-7-4-8-12-16)21-19(22)23-13-15-9-5-3-6-10-15/h3-12,17-18H,13-14H2,1-2H3,(H,21,22)/t17?,18-/m1/s1. The fourth-order valence-corrected chi connectivity index (χ4v) is 2.82. The minimum absolute atomic E-state index is 0.224. The van der Waals surface area contributed by atoms with Crippen LogP contribution in [0.15, 0.2) is 60.7 Å². The molecular formula is C20H23NO4. The van der Waals surface area contributed by atoms with Gasteiger partial charge < -0.3 is 19.5 Å². The molecule has 3 rings (SSSR count). The van der Waals surface area contributed by atoms with Crippen molar-refractivity contribution in [2.45, 2.75) is 38.4 Å². The van der Waals surface area contributed by atoms with E-state index in [1.807, 2.05) is 74.5 Å². The lowest BCUT2D eigenvalue weighted by Crippen LogP contribution is -2.38. The number of benzene rings is 2. The zero-order chi connectivity index (χ0) is 17.7. The summed E-state index contributed by atoms with van der Waals surface area (Å²) in [5, 5.41) is 2.92. The molecule has 2 atom stereocenters. The summed E-state index contributed by atoms with van der Waals surface area (Å²) in [4.78, 5) is 12.3. The van der Waals surface area contributed by atoms with Crippen molar-refractivity contribution in [3.63, 3.8) is 0 Å². The molecule has 1 N–H and O–H groups in total. The Bertz CT molecular complexity index is 687. The van der Waals surface area contributed by atoms with Crippen LogP contribution in [0.5, 0.6) is 0 Å². The van der Waals surface area contributed by atoms with Crippen molar-refractivity contribution in [1.29, 1.82) is 0 Å². The summed E-state index contributed by atoms with van der Waals surface area (Å²) >= 11 is 0. The highest BCUT2D eigenvalue weighted by Gasteiger charge is 2.38. The van der Waals surface area contributed by atoms with Gasteiger partial charge in [0.15, 0.2) is 5.79 Å². The van der Waals surface area contributed by atoms with Crippen molar-refractivity contribution in [2.24, 2.45) is 0 Å². The molecule has 1 unspecified atom stereocenters. The molecule has 5 nitrogen and oxygen atoms in total. The van der Waals surface area contributed by atoms with Gasteiger partial charge in [-0.1, -0.05) is 60.7 Å². The molecule has 132 valence electrons. The van der Waals surface area contributed by atoms with Crippen LogP contribution in [0.2, 0.25) is 0 Å². The molecule has 1 heterocycles. The van der Waals surface area contributed by atoms with Crippen LogP contribution < -0.4 is 5.32 Å². The second kappa shape index (κ2) is 7.68. The lowest BCUT2D eigenvalue weighted by molar-refractivity contribution is -0.141. The Morgan fingerprint density at radius 1 is 1.16 bits per heavy atom. The summed E-state index contributed by atoms with van der Waals surface area (Å²) in [6.07, 6.45) is -0.757. The molecule has 5 heteroatoms. The molecular weight excluding hydrogens is 318 g/mol. The maximum Gasteiger partial charge on any atom is 0.408 e. The van der Waals surface area contributed by atoms with Crippen molar-refractivity contribution in [3.05, 3.63) is 71.8 Å². The quantitative estimate of drug-likeness (QED) is 0.898. The molecule has 0 bridgehead atoms. The van der Waals surface area contributed by atoms with Crippen LogP contribution in [0.3, 0.4) is 0 Å². The third-order valence-corrected chi connectivity index (χ3v) is 4.05. The lowest BCUT2D eigenvalue weighted by atomic mass is 10.0. The van der Waals surface area contributed by atoms with Crippen LogP contribution in [0, 0.1) is 0 Å². The molecule has 1 amide bonds. The minimum atomic E-state index is -0.659. The molecule has 0 saturated carbocycles. The molecule has 1 aliphatic heterocycles. The van der Waals surface area contributed by atoms with E-state index in [9.17, 15) is 4.79 Å². The third-order valence-electron chi connectivity index (χ3n) is 4.05. The number of carbonyl (C=O) groups is 1. The van der Waals surface area contributed by atoms with E-state index < -0.39 is 11.9 Å². The van der Waals surface area contributed by atoms with Crippen molar-refractivity contribution in [3.8, 4) is 0 Å². The van der Waals surface area contributed by atoms with E-state index >= 15 is 0 Å². The number of hydrogen-bond donors (Lipinski definition) is 1. The van der Waals surface area contributed by atoms with Gasteiger partial charge in [-0.25, -0.2) is 4.79 Å². The number of rotatable bonds is 5. The van der Waals surface area contributed by atoms with Gasteiger partial charge in [0, 0.05) is 0 Å². The first kappa shape index (κ1) is 17.5. The summed E-state index contributed by atoms with van der Waals surface area (Å²) < 4.78 is 16.9. The zero-order valence-corrected chi connectivity index (χ0v) is 14.5. The van der Waals surface area contributed by atoms with Crippen LogP contribution in [0.25, 0.3) is 0 Å². The Morgan fingerprint density at radius 3 is 2.40 bits per heavy atom. The summed E-state index contributed by atoms with van der Waals surface area (Å²) in [5.41, 5.74) is 1.89. The van der Waals surface area contributed by atoms with E-state index in [1.165, 1.54) is 0 Å². The van der Waals surface area contributed by atoms with Gasteiger partial charge in [0.25, 0.3) is 0 Å². The van der Waals surface area contributed by atoms with Gasteiger partial charge in [0.05, 0.1) is 12.6 Å². The topological polar surface area (TPSA) is 56.8 Å². The Balaban J connectivity index is 1.66. The van der Waals surface area contributed by atoms with Gasteiger partial charge in [-0.05, 0) is 25.0 Å². The molecule has 1 fully saturated rings. The predicted octanol–water partition coefficient (Wildman–Crippen LogP) is 3.81. The summed E-state index contributed by atoms with van der Waals surface area (Å²) in [6.45, 7) is 4.36. The molecule has 1 aliphatic rings. The Labute approximate surface area is 147 Å². The normalized spacial score (nSPS) is 20.0. The number of hydrogen-bond acceptors (Lipinski definition) is 4. The van der Waals surface area contributed by atoms with Crippen molar-refractivity contribution < 1.29 is 19.0 Å². The fourth-order valence-electron chi connectivity index (χ4n) is 2.82. The summed E-state index contributed by atoms with van der Waals surface area (Å²) in [6, 6.07) is 18.9. The van der Waals surface area contributed by atoms with Gasteiger partial charge in [0.1, 0.15) is 12.7 Å². The molecule has 0 spiro atoms. The fraction of sp³-hybridized carbons (Fsp3) is 0.350. The van der Waals surface area contributed by atoms with Crippen molar-refractivity contribution >= 4 is 6.09 Å². The highest BCUT2D eigenvalue weighted by atomic mass is 16.7. The van der Waals surface area contributed by atoms with Gasteiger partial charge in [-0.15, -0.1) is 0 Å². The molecule has 2 aromatic carbocycles. The second-order valence-corrected chi connectivity index (χ2v) is 6.46. The average Bonchev–Trinajstić information content (AvgIpc) is 2.99. The Morgan fingerprint density at radius 2 is 1.80 bits per heavy atom. The molecule has 0 aromatic heterocycles. The van der Waals surface area contributed by atoms with E-state index in [0.717, 1.165) is 11.1 Å². The van der Waals surface area contributed by atoms with Crippen LogP contribution >= 0.6 is 0 Å². The number of ether oxygens (including phenoxy) is 3. The van der Waals surface area contributed by atoms with Gasteiger partial charge in [-0.3, -0.25) is 0 Å². The van der Waals surface area contributed by atoms with Crippen LogP contribution in [0.4, 0.5) is 4.79 Å². The predicted molar refractivity (Wildman–Crippen MR) is 93.8 cm³/mol. The minimum Gasteiger partial charge on any atom is -0.445 e. The molecule has 25 heavy (non-hydrogen) atoms. The van der Waals surface area contributed by atoms with E-state index in [1.54, 1.807) is 0 Å². The second-order valence-electron chi connectivity index (χ2n) is 6.46. The number of carbonyl (C=O) groups excluding carboxylic acids is 1. The lowest BCUT2D eigenvalue weighted by Gasteiger charge is -2.25. The Hall–Kier alpha value is -2.37. The van der Waals surface area contributed by atoms with E-state index in [2.05, 4.69) is 5.32 Å². The van der Waals surface area contributed by atoms with E-state index in [-0.39, 0.29) is 18.8 Å². The van der Waals surface area contributed by atoms with Crippen molar-refractivity contribution in [1.82, 2.24) is 5.32 Å². The third kappa shape index (κ3) is 4.81. The first-order chi connectivity index (χ1) is 12.0. The van der Waals surface area contributed by atoms with Crippen LogP contribution in [0.1, 0.15) is 31.0 Å². The van der Waals surface area contributed by atoms with Crippen LogP contribution in [-0.4, -0.2) is 24.6 Å². The molecule has 0 radical (unpaired) electrons. The van der Waals surface area contributed by atoms with Gasteiger partial charge in [-0.2, -0.15) is 0 Å². The van der Waals surface area contributed by atoms with Crippen molar-refractivity contribution in [2.75, 3.05) is 6.61 Å². The molecule has 1 saturated heterocycles. The van der Waals surface area contributed by atoms with Gasteiger partial charge >= 0.3 is 6.09 Å². The van der Waals surface area contributed by atoms with E-state index in [4.69, 9.17) is 14.2 Å². The Kier molecular flexibility index (Phi) is 5.36. The van der Waals surface area contributed by atoms with Gasteiger partial charge in [0.2, 0.25) is 0 Å².